The van der Waals surface area contributed by atoms with Gasteiger partial charge in [-0.2, -0.15) is 0 Å². The van der Waals surface area contributed by atoms with E-state index in [1.54, 1.807) is 7.11 Å². The number of ether oxygens (including phenoxy) is 1. The normalized spacial score (nSPS) is 17.8. The molecule has 1 aliphatic rings. The number of nitrogens with two attached hydrogens (primary N) is 1. The second-order valence-corrected chi connectivity index (χ2v) is 5.71. The van der Waals surface area contributed by atoms with E-state index in [0.29, 0.717) is 12.6 Å². The van der Waals surface area contributed by atoms with Crippen LogP contribution in [-0.4, -0.2) is 43.7 Å². The van der Waals surface area contributed by atoms with Crippen LogP contribution in [0.4, 0.5) is 0 Å². The molecule has 1 heterocycles. The summed E-state index contributed by atoms with van der Waals surface area (Å²) in [6, 6.07) is 0. The Labute approximate surface area is 117 Å². The molecule has 2 N–H and O–H groups in total. The maximum absolute atomic E-state index is 12.8. The molecule has 0 spiro atoms. The number of amides is 1. The zero-order valence-corrected chi connectivity index (χ0v) is 12.8. The van der Waals surface area contributed by atoms with E-state index in [2.05, 4.69) is 13.8 Å². The first-order valence-corrected chi connectivity index (χ1v) is 7.65. The van der Waals surface area contributed by atoms with Gasteiger partial charge < -0.3 is 15.4 Å². The summed E-state index contributed by atoms with van der Waals surface area (Å²) in [5.74, 6) is 0.272. The molecular formula is C15H30N2O2. The van der Waals surface area contributed by atoms with Gasteiger partial charge in [-0.15, -0.1) is 0 Å². The predicted octanol–water partition coefficient (Wildman–Crippen LogP) is 2.17. The highest BCUT2D eigenvalue weighted by molar-refractivity contribution is 5.83. The van der Waals surface area contributed by atoms with Gasteiger partial charge in [0.15, 0.2) is 0 Å². The van der Waals surface area contributed by atoms with E-state index in [4.69, 9.17) is 10.5 Å². The van der Waals surface area contributed by atoms with E-state index >= 15 is 0 Å². The Morgan fingerprint density at radius 1 is 1.26 bits per heavy atom. The van der Waals surface area contributed by atoms with Crippen molar-refractivity contribution in [3.05, 3.63) is 0 Å². The zero-order valence-electron chi connectivity index (χ0n) is 12.8. The average Bonchev–Trinajstić information content (AvgIpc) is 2.46. The minimum Gasteiger partial charge on any atom is -0.381 e. The molecule has 112 valence electrons. The SMILES string of the molecule is CCCC(CN)(CCC)C(=O)N1CCC(OC)CC1. The smallest absolute Gasteiger partial charge is 0.230 e. The summed E-state index contributed by atoms with van der Waals surface area (Å²) < 4.78 is 5.36. The lowest BCUT2D eigenvalue weighted by Gasteiger charge is -2.39. The van der Waals surface area contributed by atoms with Gasteiger partial charge in [-0.1, -0.05) is 26.7 Å². The van der Waals surface area contributed by atoms with Crippen LogP contribution in [0.2, 0.25) is 0 Å². The number of hydrogen-bond acceptors (Lipinski definition) is 3. The van der Waals surface area contributed by atoms with Gasteiger partial charge in [0.1, 0.15) is 0 Å². The third kappa shape index (κ3) is 3.93. The highest BCUT2D eigenvalue weighted by Gasteiger charge is 2.39. The van der Waals surface area contributed by atoms with Crippen LogP contribution in [0.1, 0.15) is 52.4 Å². The summed E-state index contributed by atoms with van der Waals surface area (Å²) in [4.78, 5) is 14.8. The summed E-state index contributed by atoms with van der Waals surface area (Å²) in [6.45, 7) is 6.35. The molecule has 1 aliphatic heterocycles. The summed E-state index contributed by atoms with van der Waals surface area (Å²) in [5.41, 5.74) is 5.64. The first-order chi connectivity index (χ1) is 9.13. The molecule has 1 saturated heterocycles. The van der Waals surface area contributed by atoms with Crippen molar-refractivity contribution >= 4 is 5.91 Å². The molecule has 0 aromatic heterocycles. The van der Waals surface area contributed by atoms with Gasteiger partial charge in [0.25, 0.3) is 0 Å². The van der Waals surface area contributed by atoms with Crippen LogP contribution in [0.5, 0.6) is 0 Å². The Morgan fingerprint density at radius 3 is 2.16 bits per heavy atom. The minimum absolute atomic E-state index is 0.272. The summed E-state index contributed by atoms with van der Waals surface area (Å²) in [7, 11) is 1.75. The molecule has 0 radical (unpaired) electrons. The van der Waals surface area contributed by atoms with Crippen LogP contribution in [0.25, 0.3) is 0 Å². The summed E-state index contributed by atoms with van der Waals surface area (Å²) >= 11 is 0. The van der Waals surface area contributed by atoms with Crippen LogP contribution in [0, 0.1) is 5.41 Å². The van der Waals surface area contributed by atoms with Gasteiger partial charge in [-0.3, -0.25) is 4.79 Å². The Bertz CT molecular complexity index is 267. The summed E-state index contributed by atoms with van der Waals surface area (Å²) in [5, 5.41) is 0. The fourth-order valence-corrected chi connectivity index (χ4v) is 3.22. The van der Waals surface area contributed by atoms with Crippen molar-refractivity contribution in [3.63, 3.8) is 0 Å². The lowest BCUT2D eigenvalue weighted by molar-refractivity contribution is -0.145. The number of hydrogen-bond donors (Lipinski definition) is 1. The predicted molar refractivity (Wildman–Crippen MR) is 77.9 cm³/mol. The molecule has 4 heteroatoms. The quantitative estimate of drug-likeness (QED) is 0.771. The second kappa shape index (κ2) is 7.85. The minimum atomic E-state index is -0.330. The number of methoxy groups -OCH3 is 1. The third-order valence-corrected chi connectivity index (χ3v) is 4.36. The van der Waals surface area contributed by atoms with Crippen molar-refractivity contribution in [1.82, 2.24) is 4.90 Å². The fraction of sp³-hybridized carbons (Fsp3) is 0.933. The third-order valence-electron chi connectivity index (χ3n) is 4.36. The fourth-order valence-electron chi connectivity index (χ4n) is 3.22. The number of piperidine rings is 1. The maximum atomic E-state index is 12.8. The maximum Gasteiger partial charge on any atom is 0.230 e. The first-order valence-electron chi connectivity index (χ1n) is 7.65. The van der Waals surface area contributed by atoms with E-state index in [1.807, 2.05) is 4.90 Å². The van der Waals surface area contributed by atoms with E-state index < -0.39 is 0 Å². The molecule has 0 aliphatic carbocycles. The highest BCUT2D eigenvalue weighted by Crippen LogP contribution is 2.32. The molecule has 1 rings (SSSR count). The lowest BCUT2D eigenvalue weighted by atomic mass is 9.77. The van der Waals surface area contributed by atoms with Crippen molar-refractivity contribution in [2.75, 3.05) is 26.7 Å². The van der Waals surface area contributed by atoms with Crippen molar-refractivity contribution in [3.8, 4) is 0 Å². The van der Waals surface area contributed by atoms with Gasteiger partial charge in [-0.05, 0) is 25.7 Å². The van der Waals surface area contributed by atoms with Crippen LogP contribution >= 0.6 is 0 Å². The molecule has 4 nitrogen and oxygen atoms in total. The molecular weight excluding hydrogens is 240 g/mol. The monoisotopic (exact) mass is 270 g/mol. The number of carbonyl (C=O) groups excluding carboxylic acids is 1. The van der Waals surface area contributed by atoms with Gasteiger partial charge in [-0.25, -0.2) is 0 Å². The largest absolute Gasteiger partial charge is 0.381 e. The molecule has 0 aromatic rings. The van der Waals surface area contributed by atoms with Crippen LogP contribution in [0.15, 0.2) is 0 Å². The Kier molecular flexibility index (Phi) is 6.80. The number of likely N-dealkylation sites (tertiary alicyclic amines) is 1. The van der Waals surface area contributed by atoms with Gasteiger partial charge in [0.05, 0.1) is 11.5 Å². The van der Waals surface area contributed by atoms with Crippen LogP contribution in [0.3, 0.4) is 0 Å². The Balaban J connectivity index is 2.71. The van der Waals surface area contributed by atoms with Crippen molar-refractivity contribution < 1.29 is 9.53 Å². The van der Waals surface area contributed by atoms with E-state index in [0.717, 1.165) is 51.6 Å². The zero-order chi connectivity index (χ0) is 14.3. The molecule has 19 heavy (non-hydrogen) atoms. The molecule has 0 atom stereocenters. The molecule has 1 fully saturated rings. The molecule has 0 bridgehead atoms. The average molecular weight is 270 g/mol. The second-order valence-electron chi connectivity index (χ2n) is 5.71. The van der Waals surface area contributed by atoms with Crippen LogP contribution in [-0.2, 0) is 9.53 Å². The number of nitrogens with zero attached hydrogens (tertiary/aromatic N) is 1. The number of carbonyl (C=O) groups is 1. The topological polar surface area (TPSA) is 55.6 Å². The van der Waals surface area contributed by atoms with Gasteiger partial charge in [0, 0.05) is 26.7 Å². The summed E-state index contributed by atoms with van der Waals surface area (Å²) in [6.07, 6.45) is 6.03. The molecule has 0 saturated carbocycles. The first kappa shape index (κ1) is 16.4. The van der Waals surface area contributed by atoms with Gasteiger partial charge >= 0.3 is 0 Å². The van der Waals surface area contributed by atoms with Crippen molar-refractivity contribution in [1.29, 1.82) is 0 Å². The van der Waals surface area contributed by atoms with Crippen molar-refractivity contribution in [2.24, 2.45) is 11.1 Å². The van der Waals surface area contributed by atoms with Gasteiger partial charge in [0.2, 0.25) is 5.91 Å². The number of rotatable bonds is 7. The van der Waals surface area contributed by atoms with E-state index in [1.165, 1.54) is 0 Å². The van der Waals surface area contributed by atoms with E-state index in [9.17, 15) is 4.79 Å². The Hall–Kier alpha value is -0.610. The van der Waals surface area contributed by atoms with Crippen molar-refractivity contribution in [2.45, 2.75) is 58.5 Å². The Morgan fingerprint density at radius 2 is 1.79 bits per heavy atom. The lowest BCUT2D eigenvalue weighted by Crippen LogP contribution is -2.51. The highest BCUT2D eigenvalue weighted by atomic mass is 16.5. The molecule has 0 aromatic carbocycles. The standard InChI is InChI=1S/C15H30N2O2/c1-4-8-15(12-16,9-5-2)14(18)17-10-6-13(19-3)7-11-17/h13H,4-12,16H2,1-3H3. The molecule has 0 unspecified atom stereocenters. The van der Waals surface area contributed by atoms with E-state index in [-0.39, 0.29) is 11.3 Å². The molecule has 1 amide bonds. The van der Waals surface area contributed by atoms with Crippen LogP contribution < -0.4 is 5.73 Å².